The molecule has 7 heteroatoms. The molecule has 1 amide bonds. The van der Waals surface area contributed by atoms with E-state index in [1.54, 1.807) is 12.1 Å². The van der Waals surface area contributed by atoms with Crippen molar-refractivity contribution in [3.63, 3.8) is 0 Å². The summed E-state index contributed by atoms with van der Waals surface area (Å²) in [7, 11) is 1.91. The quantitative estimate of drug-likeness (QED) is 0.835. The lowest BCUT2D eigenvalue weighted by Crippen LogP contribution is -2.14. The largest absolute Gasteiger partial charge is 0.364 e. The number of nitrogens with two attached hydrogens (primary N) is 1. The van der Waals surface area contributed by atoms with Gasteiger partial charge in [0.15, 0.2) is 5.69 Å². The Kier molecular flexibility index (Phi) is 3.46. The molecule has 7 nitrogen and oxygen atoms in total. The van der Waals surface area contributed by atoms with Crippen molar-refractivity contribution in [3.8, 4) is 0 Å². The van der Waals surface area contributed by atoms with Gasteiger partial charge in [-0.1, -0.05) is 0 Å². The Labute approximate surface area is 110 Å². The number of rotatable bonds is 4. The number of anilines is 1. The van der Waals surface area contributed by atoms with Crippen LogP contribution in [0.5, 0.6) is 0 Å². The molecular weight excluding hydrogens is 244 g/mol. The number of nitrogens with one attached hydrogen (secondary N) is 1. The molecule has 100 valence electrons. The first-order valence-corrected chi connectivity index (χ1v) is 5.85. The molecule has 2 rings (SSSR count). The predicted octanol–water partition coefficient (Wildman–Crippen LogP) is 0.538. The highest BCUT2D eigenvalue weighted by Crippen LogP contribution is 2.13. The molecule has 0 saturated carbocycles. The summed E-state index contributed by atoms with van der Waals surface area (Å²) in [5, 5.41) is 15.1. The van der Waals surface area contributed by atoms with Crippen LogP contribution in [0.4, 0.5) is 5.82 Å². The minimum absolute atomic E-state index is 0.152. The van der Waals surface area contributed by atoms with E-state index in [4.69, 9.17) is 5.73 Å². The van der Waals surface area contributed by atoms with Crippen LogP contribution in [-0.2, 0) is 13.6 Å². The van der Waals surface area contributed by atoms with Crippen molar-refractivity contribution >= 4 is 11.7 Å². The van der Waals surface area contributed by atoms with Crippen molar-refractivity contribution in [1.29, 1.82) is 0 Å². The highest BCUT2D eigenvalue weighted by atomic mass is 16.1. The van der Waals surface area contributed by atoms with Crippen LogP contribution in [0, 0.1) is 13.8 Å². The van der Waals surface area contributed by atoms with Gasteiger partial charge in [0.2, 0.25) is 0 Å². The molecule has 0 aliphatic carbocycles. The number of nitrogens with zero attached hydrogens (tertiary/aromatic N) is 4. The van der Waals surface area contributed by atoms with E-state index >= 15 is 0 Å². The monoisotopic (exact) mass is 260 g/mol. The maximum atomic E-state index is 10.9. The number of primary amides is 1. The van der Waals surface area contributed by atoms with Crippen molar-refractivity contribution < 1.29 is 4.79 Å². The fourth-order valence-corrected chi connectivity index (χ4v) is 1.81. The topological polar surface area (TPSA) is 98.7 Å². The number of carbonyl (C=O) groups excluding carboxylic acids is 1. The Balaban J connectivity index is 2.08. The van der Waals surface area contributed by atoms with Gasteiger partial charge in [-0.05, 0) is 26.0 Å². The molecule has 19 heavy (non-hydrogen) atoms. The van der Waals surface area contributed by atoms with E-state index in [9.17, 15) is 4.79 Å². The third-order valence-corrected chi connectivity index (χ3v) is 3.02. The fraction of sp³-hybridized carbons (Fsp3) is 0.333. The second-order valence-corrected chi connectivity index (χ2v) is 4.29. The van der Waals surface area contributed by atoms with Gasteiger partial charge >= 0.3 is 0 Å². The van der Waals surface area contributed by atoms with Crippen molar-refractivity contribution in [2.24, 2.45) is 12.8 Å². The number of hydrogen-bond acceptors (Lipinski definition) is 5. The first-order chi connectivity index (χ1) is 8.99. The lowest BCUT2D eigenvalue weighted by molar-refractivity contribution is 0.0994. The highest BCUT2D eigenvalue weighted by molar-refractivity contribution is 5.90. The van der Waals surface area contributed by atoms with Crippen molar-refractivity contribution in [2.45, 2.75) is 20.4 Å². The van der Waals surface area contributed by atoms with Gasteiger partial charge in [0.25, 0.3) is 5.91 Å². The van der Waals surface area contributed by atoms with E-state index in [2.05, 4.69) is 20.6 Å². The standard InChI is InChI=1S/C12H16N6O/c1-7-9(8(2)18(3)17-7)6-14-11-5-4-10(12(13)19)15-16-11/h4-5H,6H2,1-3H3,(H2,13,19)(H,14,16). The molecule has 3 N–H and O–H groups in total. The van der Waals surface area contributed by atoms with Gasteiger partial charge in [0, 0.05) is 24.8 Å². The van der Waals surface area contributed by atoms with E-state index in [-0.39, 0.29) is 5.69 Å². The van der Waals surface area contributed by atoms with E-state index in [0.717, 1.165) is 17.0 Å². The number of aryl methyl sites for hydroxylation is 2. The molecule has 0 unspecified atom stereocenters. The summed E-state index contributed by atoms with van der Waals surface area (Å²) in [6.45, 7) is 4.58. The van der Waals surface area contributed by atoms with Gasteiger partial charge in [-0.25, -0.2) is 0 Å². The van der Waals surface area contributed by atoms with E-state index < -0.39 is 5.91 Å². The maximum absolute atomic E-state index is 10.9. The van der Waals surface area contributed by atoms with Crippen LogP contribution in [-0.4, -0.2) is 25.9 Å². The first kappa shape index (κ1) is 13.0. The van der Waals surface area contributed by atoms with Crippen LogP contribution in [0.3, 0.4) is 0 Å². The molecule has 0 aliphatic heterocycles. The van der Waals surface area contributed by atoms with Gasteiger partial charge in [-0.2, -0.15) is 5.10 Å². The minimum Gasteiger partial charge on any atom is -0.364 e. The predicted molar refractivity (Wildman–Crippen MR) is 70.6 cm³/mol. The van der Waals surface area contributed by atoms with E-state index in [0.29, 0.717) is 12.4 Å². The molecule has 0 fully saturated rings. The minimum atomic E-state index is -0.585. The average Bonchev–Trinajstić information content (AvgIpc) is 2.62. The molecule has 0 aromatic carbocycles. The lowest BCUT2D eigenvalue weighted by Gasteiger charge is -2.05. The van der Waals surface area contributed by atoms with Crippen LogP contribution in [0.15, 0.2) is 12.1 Å². The summed E-state index contributed by atoms with van der Waals surface area (Å²) < 4.78 is 1.84. The van der Waals surface area contributed by atoms with Gasteiger partial charge in [-0.15, -0.1) is 10.2 Å². The molecule has 2 aromatic rings. The number of carbonyl (C=O) groups is 1. The molecule has 0 bridgehead atoms. The first-order valence-electron chi connectivity index (χ1n) is 5.85. The van der Waals surface area contributed by atoms with E-state index in [1.807, 2.05) is 25.6 Å². The summed E-state index contributed by atoms with van der Waals surface area (Å²) in [6, 6.07) is 3.22. The molecule has 0 saturated heterocycles. The lowest BCUT2D eigenvalue weighted by atomic mass is 10.2. The van der Waals surface area contributed by atoms with Gasteiger partial charge in [0.1, 0.15) is 5.82 Å². The van der Waals surface area contributed by atoms with Gasteiger partial charge in [0.05, 0.1) is 5.69 Å². The van der Waals surface area contributed by atoms with Crippen molar-refractivity contribution in [2.75, 3.05) is 5.32 Å². The zero-order valence-corrected chi connectivity index (χ0v) is 11.1. The van der Waals surface area contributed by atoms with Crippen LogP contribution in [0.25, 0.3) is 0 Å². The zero-order chi connectivity index (χ0) is 14.0. The summed E-state index contributed by atoms with van der Waals surface area (Å²) in [5.74, 6) is 0.00523. The Hall–Kier alpha value is -2.44. The SMILES string of the molecule is Cc1nn(C)c(C)c1CNc1ccc(C(N)=O)nn1. The van der Waals surface area contributed by atoms with Crippen LogP contribution < -0.4 is 11.1 Å². The summed E-state index contributed by atoms with van der Waals surface area (Å²) in [5.41, 5.74) is 8.46. The summed E-state index contributed by atoms with van der Waals surface area (Å²) >= 11 is 0. The van der Waals surface area contributed by atoms with Crippen molar-refractivity contribution in [1.82, 2.24) is 20.0 Å². The third-order valence-electron chi connectivity index (χ3n) is 3.02. The highest BCUT2D eigenvalue weighted by Gasteiger charge is 2.09. The molecule has 0 spiro atoms. The Morgan fingerprint density at radius 3 is 2.58 bits per heavy atom. The zero-order valence-electron chi connectivity index (χ0n) is 11.1. The van der Waals surface area contributed by atoms with Crippen LogP contribution >= 0.6 is 0 Å². The molecular formula is C12H16N6O. The average molecular weight is 260 g/mol. The second kappa shape index (κ2) is 5.05. The molecule has 2 aromatic heterocycles. The van der Waals surface area contributed by atoms with Crippen molar-refractivity contribution in [3.05, 3.63) is 34.8 Å². The second-order valence-electron chi connectivity index (χ2n) is 4.29. The fourth-order valence-electron chi connectivity index (χ4n) is 1.81. The Morgan fingerprint density at radius 2 is 2.11 bits per heavy atom. The van der Waals surface area contributed by atoms with Gasteiger partial charge < -0.3 is 11.1 Å². The third kappa shape index (κ3) is 2.70. The number of amides is 1. The normalized spacial score (nSPS) is 10.5. The summed E-state index contributed by atoms with van der Waals surface area (Å²) in [6.07, 6.45) is 0. The molecule has 0 atom stereocenters. The van der Waals surface area contributed by atoms with Crippen LogP contribution in [0.1, 0.15) is 27.4 Å². The number of hydrogen-bond donors (Lipinski definition) is 2. The van der Waals surface area contributed by atoms with Gasteiger partial charge in [-0.3, -0.25) is 9.48 Å². The smallest absolute Gasteiger partial charge is 0.269 e. The van der Waals surface area contributed by atoms with Crippen LogP contribution in [0.2, 0.25) is 0 Å². The molecule has 2 heterocycles. The molecule has 0 aliphatic rings. The molecule has 0 radical (unpaired) electrons. The van der Waals surface area contributed by atoms with E-state index in [1.165, 1.54) is 0 Å². The summed E-state index contributed by atoms with van der Waals surface area (Å²) in [4.78, 5) is 10.9. The Morgan fingerprint density at radius 1 is 1.37 bits per heavy atom. The number of aromatic nitrogens is 4. The Bertz CT molecular complexity index is 601. The maximum Gasteiger partial charge on any atom is 0.269 e.